The lowest BCUT2D eigenvalue weighted by molar-refractivity contribution is 0.0600. The van der Waals surface area contributed by atoms with E-state index in [2.05, 4.69) is 20.0 Å². The number of carbonyl (C=O) groups is 2. The lowest BCUT2D eigenvalue weighted by Gasteiger charge is -2.00. The van der Waals surface area contributed by atoms with E-state index in [9.17, 15) is 9.59 Å². The molecule has 2 aromatic rings. The van der Waals surface area contributed by atoms with Crippen molar-refractivity contribution in [2.24, 2.45) is 0 Å². The summed E-state index contributed by atoms with van der Waals surface area (Å²) in [5.41, 5.74) is 0.552. The fourth-order valence-corrected chi connectivity index (χ4v) is 1.20. The zero-order valence-corrected chi connectivity index (χ0v) is 8.90. The van der Waals surface area contributed by atoms with E-state index in [4.69, 9.17) is 0 Å². The second-order valence-electron chi connectivity index (χ2n) is 3.10. The van der Waals surface area contributed by atoms with Crippen LogP contribution in [0.15, 0.2) is 24.5 Å². The second-order valence-corrected chi connectivity index (χ2v) is 3.10. The van der Waals surface area contributed by atoms with Gasteiger partial charge in [-0.2, -0.15) is 0 Å². The van der Waals surface area contributed by atoms with Gasteiger partial charge in [0.05, 0.1) is 18.9 Å². The summed E-state index contributed by atoms with van der Waals surface area (Å²) >= 11 is 0. The molecule has 0 aromatic carbocycles. The summed E-state index contributed by atoms with van der Waals surface area (Å²) in [6.07, 6.45) is 3.39. The molecule has 2 rings (SSSR count). The Morgan fingerprint density at radius 3 is 2.82 bits per heavy atom. The van der Waals surface area contributed by atoms with E-state index in [0.29, 0.717) is 17.7 Å². The molecule has 17 heavy (non-hydrogen) atoms. The SMILES string of the molecule is COC(=O)c1ccc(-n2cc(C=O)nn2)nc1. The number of methoxy groups -OCH3 is 1. The third-order valence-electron chi connectivity index (χ3n) is 2.04. The van der Waals surface area contributed by atoms with Crippen LogP contribution in [0.2, 0.25) is 0 Å². The summed E-state index contributed by atoms with van der Waals surface area (Å²) in [5, 5.41) is 7.31. The lowest BCUT2D eigenvalue weighted by atomic mass is 10.3. The highest BCUT2D eigenvalue weighted by atomic mass is 16.5. The predicted molar refractivity (Wildman–Crippen MR) is 55.9 cm³/mol. The maximum Gasteiger partial charge on any atom is 0.339 e. The Hall–Kier alpha value is -2.57. The Morgan fingerprint density at radius 1 is 1.47 bits per heavy atom. The lowest BCUT2D eigenvalue weighted by Crippen LogP contribution is -2.04. The van der Waals surface area contributed by atoms with E-state index in [1.807, 2.05) is 0 Å². The van der Waals surface area contributed by atoms with Crippen molar-refractivity contribution in [3.63, 3.8) is 0 Å². The molecule has 0 unspecified atom stereocenters. The first-order chi connectivity index (χ1) is 8.24. The van der Waals surface area contributed by atoms with Crippen LogP contribution >= 0.6 is 0 Å². The predicted octanol–water partition coefficient (Wildman–Crippen LogP) is 0.261. The topological polar surface area (TPSA) is 87.0 Å². The molecule has 2 heterocycles. The van der Waals surface area contributed by atoms with Crippen LogP contribution in [0.3, 0.4) is 0 Å². The van der Waals surface area contributed by atoms with Crippen molar-refractivity contribution in [3.05, 3.63) is 35.8 Å². The third-order valence-corrected chi connectivity index (χ3v) is 2.04. The van der Waals surface area contributed by atoms with Crippen LogP contribution in [0.1, 0.15) is 20.8 Å². The minimum Gasteiger partial charge on any atom is -0.465 e. The van der Waals surface area contributed by atoms with Gasteiger partial charge in [-0.1, -0.05) is 5.21 Å². The van der Waals surface area contributed by atoms with Gasteiger partial charge in [-0.25, -0.2) is 14.5 Å². The number of pyridine rings is 1. The van der Waals surface area contributed by atoms with Crippen molar-refractivity contribution in [2.75, 3.05) is 7.11 Å². The van der Waals surface area contributed by atoms with E-state index < -0.39 is 5.97 Å². The van der Waals surface area contributed by atoms with Gasteiger partial charge >= 0.3 is 5.97 Å². The fraction of sp³-hybridized carbons (Fsp3) is 0.100. The number of ether oxygens (including phenoxy) is 1. The number of aromatic nitrogens is 4. The van der Waals surface area contributed by atoms with Gasteiger partial charge in [0.1, 0.15) is 5.69 Å². The maximum absolute atomic E-state index is 11.2. The third kappa shape index (κ3) is 2.17. The molecule has 0 aliphatic rings. The Morgan fingerprint density at radius 2 is 2.29 bits per heavy atom. The highest BCUT2D eigenvalue weighted by molar-refractivity contribution is 5.88. The quantitative estimate of drug-likeness (QED) is 0.557. The Labute approximate surface area is 96.0 Å². The largest absolute Gasteiger partial charge is 0.465 e. The van der Waals surface area contributed by atoms with Gasteiger partial charge in [0, 0.05) is 6.20 Å². The van der Waals surface area contributed by atoms with Crippen LogP contribution in [0, 0.1) is 0 Å². The van der Waals surface area contributed by atoms with Gasteiger partial charge in [0.15, 0.2) is 12.1 Å². The molecule has 0 spiro atoms. The Balaban J connectivity index is 2.28. The smallest absolute Gasteiger partial charge is 0.339 e. The van der Waals surface area contributed by atoms with Crippen LogP contribution in [0.4, 0.5) is 0 Å². The molecule has 0 bridgehead atoms. The summed E-state index contributed by atoms with van der Waals surface area (Å²) in [5.74, 6) is -0.00512. The van der Waals surface area contributed by atoms with E-state index >= 15 is 0 Å². The number of aldehydes is 1. The minimum absolute atomic E-state index is 0.212. The molecule has 86 valence electrons. The summed E-state index contributed by atoms with van der Waals surface area (Å²) in [6.45, 7) is 0. The molecule has 7 nitrogen and oxygen atoms in total. The van der Waals surface area contributed by atoms with Gasteiger partial charge in [-0.15, -0.1) is 5.10 Å². The molecule has 7 heteroatoms. The molecule has 0 saturated heterocycles. The fourth-order valence-electron chi connectivity index (χ4n) is 1.20. The van der Waals surface area contributed by atoms with Crippen molar-refractivity contribution in [1.82, 2.24) is 20.0 Å². The van der Waals surface area contributed by atoms with Crippen LogP contribution in [-0.4, -0.2) is 39.3 Å². The van der Waals surface area contributed by atoms with Crippen molar-refractivity contribution < 1.29 is 14.3 Å². The number of rotatable bonds is 3. The minimum atomic E-state index is -0.462. The first kappa shape index (κ1) is 10.9. The molecule has 0 saturated carbocycles. The Kier molecular flexibility index (Phi) is 2.91. The van der Waals surface area contributed by atoms with E-state index in [1.54, 1.807) is 12.1 Å². The summed E-state index contributed by atoms with van der Waals surface area (Å²) < 4.78 is 5.88. The zero-order valence-electron chi connectivity index (χ0n) is 8.90. The first-order valence-electron chi connectivity index (χ1n) is 4.67. The number of hydrogen-bond donors (Lipinski definition) is 0. The molecule has 0 radical (unpaired) electrons. The average molecular weight is 232 g/mol. The maximum atomic E-state index is 11.2. The Bertz CT molecular complexity index is 547. The summed E-state index contributed by atoms with van der Waals surface area (Å²) in [4.78, 5) is 25.6. The van der Waals surface area contributed by atoms with Crippen LogP contribution in [-0.2, 0) is 4.74 Å². The second kappa shape index (κ2) is 4.52. The number of hydrogen-bond acceptors (Lipinski definition) is 6. The number of esters is 1. The molecule has 2 aromatic heterocycles. The summed E-state index contributed by atoms with van der Waals surface area (Å²) in [6, 6.07) is 3.13. The molecule has 0 amide bonds. The first-order valence-corrected chi connectivity index (χ1v) is 4.67. The number of nitrogens with zero attached hydrogens (tertiary/aromatic N) is 4. The molecule has 0 atom stereocenters. The molecular weight excluding hydrogens is 224 g/mol. The van der Waals surface area contributed by atoms with Gasteiger partial charge in [-0.05, 0) is 12.1 Å². The van der Waals surface area contributed by atoms with Gasteiger partial charge in [0.2, 0.25) is 0 Å². The van der Waals surface area contributed by atoms with Gasteiger partial charge in [-0.3, -0.25) is 4.79 Å². The molecule has 0 N–H and O–H groups in total. The van der Waals surface area contributed by atoms with E-state index in [1.165, 1.54) is 24.2 Å². The molecular formula is C10H8N4O3. The zero-order chi connectivity index (χ0) is 12.3. The van der Waals surface area contributed by atoms with Crippen molar-refractivity contribution >= 4 is 12.3 Å². The highest BCUT2D eigenvalue weighted by Crippen LogP contribution is 2.05. The summed E-state index contributed by atoms with van der Waals surface area (Å²) in [7, 11) is 1.30. The standard InChI is InChI=1S/C10H8N4O3/c1-17-10(16)7-2-3-9(11-4-7)14-5-8(6-15)12-13-14/h2-6H,1H3. The van der Waals surface area contributed by atoms with Crippen LogP contribution in [0.5, 0.6) is 0 Å². The number of carbonyl (C=O) groups excluding carboxylic acids is 2. The average Bonchev–Trinajstić information content (AvgIpc) is 2.87. The highest BCUT2D eigenvalue weighted by Gasteiger charge is 2.07. The van der Waals surface area contributed by atoms with E-state index in [0.717, 1.165) is 0 Å². The van der Waals surface area contributed by atoms with Crippen molar-refractivity contribution in [2.45, 2.75) is 0 Å². The van der Waals surface area contributed by atoms with Gasteiger partial charge < -0.3 is 4.74 Å². The van der Waals surface area contributed by atoms with Crippen LogP contribution in [0.25, 0.3) is 5.82 Å². The monoisotopic (exact) mass is 232 g/mol. The van der Waals surface area contributed by atoms with Crippen molar-refractivity contribution in [3.8, 4) is 5.82 Å². The molecule has 0 aliphatic heterocycles. The molecule has 0 aliphatic carbocycles. The van der Waals surface area contributed by atoms with Crippen molar-refractivity contribution in [1.29, 1.82) is 0 Å². The van der Waals surface area contributed by atoms with Crippen LogP contribution < -0.4 is 0 Å². The van der Waals surface area contributed by atoms with Gasteiger partial charge in [0.25, 0.3) is 0 Å². The molecule has 0 fully saturated rings. The normalized spacial score (nSPS) is 9.94. The van der Waals surface area contributed by atoms with E-state index in [-0.39, 0.29) is 5.69 Å².